The van der Waals surface area contributed by atoms with Gasteiger partial charge >= 0.3 is 6.03 Å². The molecular formula is C23H24FN5O3S. The third-order valence-corrected chi connectivity index (χ3v) is 5.70. The molecule has 3 rings (SSSR count). The summed E-state index contributed by atoms with van der Waals surface area (Å²) >= 11 is 1.11. The zero-order valence-electron chi connectivity index (χ0n) is 18.3. The molecular weight excluding hydrogens is 445 g/mol. The van der Waals surface area contributed by atoms with Crippen LogP contribution in [0.4, 0.5) is 14.9 Å². The van der Waals surface area contributed by atoms with Gasteiger partial charge in [-0.1, -0.05) is 42.1 Å². The maximum Gasteiger partial charge on any atom is 0.325 e. The summed E-state index contributed by atoms with van der Waals surface area (Å²) in [6.45, 7) is 7.92. The molecule has 0 aliphatic rings. The number of benzene rings is 2. The van der Waals surface area contributed by atoms with Gasteiger partial charge in [0.1, 0.15) is 6.61 Å². The number of halogens is 1. The van der Waals surface area contributed by atoms with E-state index in [1.165, 1.54) is 12.1 Å². The Labute approximate surface area is 195 Å². The van der Waals surface area contributed by atoms with Crippen LogP contribution in [0.25, 0.3) is 0 Å². The minimum absolute atomic E-state index is 0.00716. The minimum Gasteiger partial charge on any atom is -0.483 e. The first-order valence-corrected chi connectivity index (χ1v) is 11.1. The van der Waals surface area contributed by atoms with Gasteiger partial charge in [-0.25, -0.2) is 9.18 Å². The summed E-state index contributed by atoms with van der Waals surface area (Å²) in [7, 11) is 0. The highest BCUT2D eigenvalue weighted by molar-refractivity contribution is 7.99. The van der Waals surface area contributed by atoms with E-state index in [0.717, 1.165) is 22.9 Å². The van der Waals surface area contributed by atoms with E-state index in [1.54, 1.807) is 28.8 Å². The van der Waals surface area contributed by atoms with E-state index < -0.39 is 17.8 Å². The lowest BCUT2D eigenvalue weighted by atomic mass is 10.1. The number of carbonyl (C=O) groups is 2. The van der Waals surface area contributed by atoms with E-state index in [0.29, 0.717) is 23.2 Å². The van der Waals surface area contributed by atoms with Gasteiger partial charge in [0, 0.05) is 12.2 Å². The Morgan fingerprint density at radius 1 is 1.18 bits per heavy atom. The van der Waals surface area contributed by atoms with Gasteiger partial charge in [-0.15, -0.1) is 16.8 Å². The van der Waals surface area contributed by atoms with Crippen molar-refractivity contribution >= 4 is 29.4 Å². The summed E-state index contributed by atoms with van der Waals surface area (Å²) in [5.74, 6) is -0.454. The van der Waals surface area contributed by atoms with Crippen molar-refractivity contribution in [1.82, 2.24) is 20.1 Å². The van der Waals surface area contributed by atoms with Crippen molar-refractivity contribution in [3.05, 3.63) is 77.9 Å². The minimum atomic E-state index is -0.610. The number of carbonyl (C=O) groups excluding carboxylic acids is 2. The molecule has 0 aliphatic heterocycles. The number of ether oxygens (including phenoxy) is 1. The predicted octanol–water partition coefficient (Wildman–Crippen LogP) is 4.24. The van der Waals surface area contributed by atoms with E-state index in [2.05, 4.69) is 27.4 Å². The number of allylic oxidation sites excluding steroid dienone is 1. The van der Waals surface area contributed by atoms with Crippen LogP contribution >= 0.6 is 11.8 Å². The normalized spacial score (nSPS) is 10.5. The van der Waals surface area contributed by atoms with Crippen LogP contribution < -0.4 is 15.4 Å². The van der Waals surface area contributed by atoms with Crippen molar-refractivity contribution < 1.29 is 18.7 Å². The number of anilines is 1. The molecule has 8 nitrogen and oxygen atoms in total. The van der Waals surface area contributed by atoms with Crippen LogP contribution in [0.1, 0.15) is 17.0 Å². The molecule has 1 heterocycles. The number of rotatable bonds is 9. The van der Waals surface area contributed by atoms with Crippen LogP contribution in [0.3, 0.4) is 0 Å². The molecule has 172 valence electrons. The molecule has 0 unspecified atom stereocenters. The van der Waals surface area contributed by atoms with E-state index in [1.807, 2.05) is 26.0 Å². The first-order chi connectivity index (χ1) is 15.9. The van der Waals surface area contributed by atoms with Crippen LogP contribution in [-0.4, -0.2) is 32.5 Å². The Bertz CT molecular complexity index is 1160. The average molecular weight is 470 g/mol. The lowest BCUT2D eigenvalue weighted by Crippen LogP contribution is -2.35. The maximum absolute atomic E-state index is 13.8. The number of para-hydroxylation sites is 1. The fraction of sp³-hybridized carbons (Fsp3) is 0.217. The fourth-order valence-corrected chi connectivity index (χ4v) is 3.65. The Morgan fingerprint density at radius 2 is 1.97 bits per heavy atom. The molecule has 0 fully saturated rings. The monoisotopic (exact) mass is 469 g/mol. The lowest BCUT2D eigenvalue weighted by molar-refractivity contribution is -0.117. The second-order valence-corrected chi connectivity index (χ2v) is 8.00. The van der Waals surface area contributed by atoms with Crippen LogP contribution in [0.2, 0.25) is 0 Å². The molecule has 0 saturated carbocycles. The summed E-state index contributed by atoms with van der Waals surface area (Å²) in [4.78, 5) is 24.4. The average Bonchev–Trinajstić information content (AvgIpc) is 3.16. The number of urea groups is 1. The Hall–Kier alpha value is -3.66. The summed E-state index contributed by atoms with van der Waals surface area (Å²) < 4.78 is 21.0. The molecule has 10 heteroatoms. The van der Waals surface area contributed by atoms with Gasteiger partial charge in [-0.3, -0.25) is 14.7 Å². The highest BCUT2D eigenvalue weighted by atomic mass is 32.2. The molecule has 1 aromatic heterocycles. The molecule has 33 heavy (non-hydrogen) atoms. The first kappa shape index (κ1) is 24.0. The highest BCUT2D eigenvalue weighted by Crippen LogP contribution is 2.21. The van der Waals surface area contributed by atoms with Gasteiger partial charge in [0.05, 0.1) is 5.75 Å². The summed E-state index contributed by atoms with van der Waals surface area (Å²) in [5.41, 5.74) is 2.60. The zero-order valence-corrected chi connectivity index (χ0v) is 19.1. The number of thioether (sulfide) groups is 1. The predicted molar refractivity (Wildman–Crippen MR) is 125 cm³/mol. The molecule has 0 atom stereocenters. The molecule has 3 aromatic rings. The Morgan fingerprint density at radius 3 is 2.73 bits per heavy atom. The second kappa shape index (κ2) is 11.3. The quantitative estimate of drug-likeness (QED) is 0.359. The Balaban J connectivity index is 1.57. The Kier molecular flexibility index (Phi) is 8.20. The van der Waals surface area contributed by atoms with E-state index in [9.17, 15) is 14.0 Å². The van der Waals surface area contributed by atoms with Gasteiger partial charge in [0.2, 0.25) is 5.91 Å². The topological polar surface area (TPSA) is 98.1 Å². The van der Waals surface area contributed by atoms with Crippen molar-refractivity contribution in [2.45, 2.75) is 32.2 Å². The van der Waals surface area contributed by atoms with Crippen LogP contribution in [-0.2, 0) is 17.9 Å². The van der Waals surface area contributed by atoms with Crippen molar-refractivity contribution in [3.63, 3.8) is 0 Å². The summed E-state index contributed by atoms with van der Waals surface area (Å²) in [5, 5.41) is 13.6. The molecule has 2 N–H and O–H groups in total. The smallest absolute Gasteiger partial charge is 0.325 e. The number of nitrogens with one attached hydrogen (secondary N) is 2. The summed E-state index contributed by atoms with van der Waals surface area (Å²) in [6, 6.07) is 11.0. The van der Waals surface area contributed by atoms with Crippen molar-refractivity contribution in [2.75, 3.05) is 11.1 Å². The van der Waals surface area contributed by atoms with Gasteiger partial charge in [-0.2, -0.15) is 0 Å². The number of hydrogen-bond donors (Lipinski definition) is 2. The molecule has 0 spiro atoms. The number of aromatic nitrogens is 3. The van der Waals surface area contributed by atoms with Gasteiger partial charge in [-0.05, 0) is 43.2 Å². The second-order valence-electron chi connectivity index (χ2n) is 7.06. The van der Waals surface area contributed by atoms with Crippen LogP contribution in [0, 0.1) is 19.7 Å². The fourth-order valence-electron chi connectivity index (χ4n) is 2.88. The summed E-state index contributed by atoms with van der Waals surface area (Å²) in [6.07, 6.45) is 1.65. The van der Waals surface area contributed by atoms with Crippen molar-refractivity contribution in [1.29, 1.82) is 0 Å². The van der Waals surface area contributed by atoms with Crippen molar-refractivity contribution in [2.24, 2.45) is 0 Å². The lowest BCUT2D eigenvalue weighted by Gasteiger charge is -2.11. The molecule has 0 saturated heterocycles. The molecule has 3 amide bonds. The van der Waals surface area contributed by atoms with E-state index >= 15 is 0 Å². The first-order valence-electron chi connectivity index (χ1n) is 10.1. The number of nitrogens with zero attached hydrogens (tertiary/aromatic N) is 3. The largest absolute Gasteiger partial charge is 0.483 e. The molecule has 0 aliphatic carbocycles. The standard InChI is InChI=1S/C23H24FN5O3S/c1-4-12-29-20(13-32-19-11-6-5-9-17(19)24)27-28-23(29)33-14-21(30)26-22(31)25-18-10-7-8-15(2)16(18)3/h4-11H,1,12-14H2,2-3H3,(H2,25,26,30,31). The van der Waals surface area contributed by atoms with Crippen molar-refractivity contribution in [3.8, 4) is 5.75 Å². The number of aryl methyl sites for hydroxylation is 1. The van der Waals surface area contributed by atoms with E-state index in [4.69, 9.17) is 4.74 Å². The number of hydrogen-bond acceptors (Lipinski definition) is 6. The maximum atomic E-state index is 13.8. The zero-order chi connectivity index (χ0) is 23.8. The third-order valence-electron chi connectivity index (χ3n) is 4.74. The highest BCUT2D eigenvalue weighted by Gasteiger charge is 2.16. The number of imide groups is 1. The van der Waals surface area contributed by atoms with Gasteiger partial charge < -0.3 is 10.1 Å². The van der Waals surface area contributed by atoms with Crippen LogP contribution in [0.5, 0.6) is 5.75 Å². The van der Waals surface area contributed by atoms with Crippen LogP contribution in [0.15, 0.2) is 60.3 Å². The van der Waals surface area contributed by atoms with E-state index in [-0.39, 0.29) is 18.1 Å². The van der Waals surface area contributed by atoms with Gasteiger partial charge in [0.25, 0.3) is 0 Å². The molecule has 0 bridgehead atoms. The van der Waals surface area contributed by atoms with Gasteiger partial charge in [0.15, 0.2) is 22.5 Å². The molecule has 2 aromatic carbocycles. The molecule has 0 radical (unpaired) electrons. The third kappa shape index (κ3) is 6.42. The SMILES string of the molecule is C=CCn1c(COc2ccccc2F)nnc1SCC(=O)NC(=O)Nc1cccc(C)c1C. The number of amides is 3.